The van der Waals surface area contributed by atoms with Crippen LogP contribution in [0.5, 0.6) is 0 Å². The Hall–Kier alpha value is -0.670. The van der Waals surface area contributed by atoms with Gasteiger partial charge in [0, 0.05) is 11.6 Å². The molecule has 0 aromatic heterocycles. The first kappa shape index (κ1) is 11.4. The van der Waals surface area contributed by atoms with Crippen molar-refractivity contribution in [2.45, 2.75) is 19.9 Å². The fourth-order valence-electron chi connectivity index (χ4n) is 1.18. The molecule has 1 atom stereocenters. The highest BCUT2D eigenvalue weighted by Gasteiger charge is 2.20. The molecule has 4 heteroatoms. The van der Waals surface area contributed by atoms with Gasteiger partial charge >= 0.3 is 0 Å². The zero-order chi connectivity index (χ0) is 10.9. The average molecular weight is 220 g/mol. The highest BCUT2D eigenvalue weighted by molar-refractivity contribution is 6.31. The number of rotatable bonds is 2. The van der Waals surface area contributed by atoms with Crippen LogP contribution in [0.1, 0.15) is 25.5 Å². The molecule has 1 rings (SSSR count). The topological polar surface area (TPSA) is 26.0 Å². The lowest BCUT2D eigenvalue weighted by Crippen LogP contribution is -2.19. The van der Waals surface area contributed by atoms with Gasteiger partial charge in [0.05, 0.1) is 5.02 Å². The second-order valence-electron chi connectivity index (χ2n) is 3.53. The maximum absolute atomic E-state index is 13.3. The van der Waals surface area contributed by atoms with E-state index in [2.05, 4.69) is 0 Å². The van der Waals surface area contributed by atoms with Crippen molar-refractivity contribution in [1.29, 1.82) is 0 Å². The van der Waals surface area contributed by atoms with E-state index >= 15 is 0 Å². The summed E-state index contributed by atoms with van der Waals surface area (Å²) in [4.78, 5) is 0. The lowest BCUT2D eigenvalue weighted by Gasteiger charge is -2.18. The molecule has 2 N–H and O–H groups in total. The first-order valence-electron chi connectivity index (χ1n) is 4.34. The molecule has 0 saturated carbocycles. The Morgan fingerprint density at radius 3 is 2.21 bits per heavy atom. The summed E-state index contributed by atoms with van der Waals surface area (Å²) in [5.74, 6) is -1.19. The van der Waals surface area contributed by atoms with Crippen molar-refractivity contribution in [3.8, 4) is 0 Å². The lowest BCUT2D eigenvalue weighted by atomic mass is 9.96. The minimum atomic E-state index is -0.640. The van der Waals surface area contributed by atoms with E-state index in [1.54, 1.807) is 0 Å². The first-order valence-corrected chi connectivity index (χ1v) is 4.72. The van der Waals surface area contributed by atoms with E-state index in [4.69, 9.17) is 17.3 Å². The molecule has 0 aliphatic heterocycles. The Bertz CT molecular complexity index is 339. The molecule has 1 nitrogen and oxygen atoms in total. The van der Waals surface area contributed by atoms with E-state index in [-0.39, 0.29) is 16.5 Å². The summed E-state index contributed by atoms with van der Waals surface area (Å²) in [7, 11) is 0. The number of nitrogens with two attached hydrogens (primary N) is 1. The van der Waals surface area contributed by atoms with Crippen LogP contribution in [-0.4, -0.2) is 0 Å². The molecule has 0 amide bonds. The Morgan fingerprint density at radius 1 is 1.21 bits per heavy atom. The van der Waals surface area contributed by atoms with Crippen LogP contribution < -0.4 is 5.73 Å². The molecule has 1 aromatic carbocycles. The maximum Gasteiger partial charge on any atom is 0.142 e. The van der Waals surface area contributed by atoms with Crippen molar-refractivity contribution in [3.63, 3.8) is 0 Å². The molecule has 0 bridgehead atoms. The quantitative estimate of drug-likeness (QED) is 0.759. The van der Waals surface area contributed by atoms with Crippen molar-refractivity contribution < 1.29 is 8.78 Å². The van der Waals surface area contributed by atoms with Crippen LogP contribution in [0.15, 0.2) is 12.1 Å². The number of hydrogen-bond donors (Lipinski definition) is 1. The maximum atomic E-state index is 13.3. The smallest absolute Gasteiger partial charge is 0.142 e. The molecular weight excluding hydrogens is 208 g/mol. The van der Waals surface area contributed by atoms with E-state index in [0.717, 1.165) is 12.1 Å². The van der Waals surface area contributed by atoms with E-state index < -0.39 is 17.7 Å². The zero-order valence-electron chi connectivity index (χ0n) is 8.02. The fraction of sp³-hybridized carbons (Fsp3) is 0.400. The van der Waals surface area contributed by atoms with E-state index in [0.29, 0.717) is 0 Å². The van der Waals surface area contributed by atoms with Gasteiger partial charge < -0.3 is 5.73 Å². The van der Waals surface area contributed by atoms with Gasteiger partial charge in [0.2, 0.25) is 0 Å². The van der Waals surface area contributed by atoms with E-state index in [9.17, 15) is 8.78 Å². The molecule has 1 aromatic rings. The van der Waals surface area contributed by atoms with Gasteiger partial charge in [-0.25, -0.2) is 8.78 Å². The predicted molar refractivity (Wildman–Crippen MR) is 53.1 cm³/mol. The van der Waals surface area contributed by atoms with Crippen LogP contribution in [-0.2, 0) is 0 Å². The average Bonchev–Trinajstić information content (AvgIpc) is 2.12. The summed E-state index contributed by atoms with van der Waals surface area (Å²) in [5.41, 5.74) is 5.77. The molecular formula is C10H12ClF2N. The molecule has 14 heavy (non-hydrogen) atoms. The molecule has 0 aliphatic rings. The van der Waals surface area contributed by atoms with Crippen molar-refractivity contribution in [2.75, 3.05) is 0 Å². The molecule has 0 saturated heterocycles. The molecule has 0 spiro atoms. The highest BCUT2D eigenvalue weighted by Crippen LogP contribution is 2.30. The highest BCUT2D eigenvalue weighted by atomic mass is 35.5. The Labute approximate surface area is 86.9 Å². The normalized spacial score (nSPS) is 13.4. The number of halogens is 3. The van der Waals surface area contributed by atoms with E-state index in [1.807, 2.05) is 13.8 Å². The van der Waals surface area contributed by atoms with Crippen molar-refractivity contribution in [2.24, 2.45) is 11.7 Å². The third-order valence-corrected chi connectivity index (χ3v) is 2.52. The minimum absolute atomic E-state index is 0.00352. The van der Waals surface area contributed by atoms with Crippen molar-refractivity contribution >= 4 is 11.6 Å². The van der Waals surface area contributed by atoms with Crippen LogP contribution in [0.25, 0.3) is 0 Å². The Balaban J connectivity index is 3.25. The van der Waals surface area contributed by atoms with Gasteiger partial charge in [-0.1, -0.05) is 25.4 Å². The van der Waals surface area contributed by atoms with Crippen LogP contribution >= 0.6 is 11.6 Å². The molecule has 0 unspecified atom stereocenters. The third kappa shape index (κ3) is 2.04. The first-order chi connectivity index (χ1) is 6.45. The van der Waals surface area contributed by atoms with Crippen molar-refractivity contribution in [3.05, 3.63) is 34.4 Å². The predicted octanol–water partition coefficient (Wildman–Crippen LogP) is 3.27. The van der Waals surface area contributed by atoms with Gasteiger partial charge in [-0.3, -0.25) is 0 Å². The molecule has 0 radical (unpaired) electrons. The number of hydrogen-bond acceptors (Lipinski definition) is 1. The van der Waals surface area contributed by atoms with Crippen LogP contribution in [0.4, 0.5) is 8.78 Å². The van der Waals surface area contributed by atoms with Gasteiger partial charge in [-0.15, -0.1) is 0 Å². The minimum Gasteiger partial charge on any atom is -0.324 e. The second kappa shape index (κ2) is 4.24. The Morgan fingerprint density at radius 2 is 1.71 bits per heavy atom. The van der Waals surface area contributed by atoms with E-state index in [1.165, 1.54) is 0 Å². The van der Waals surface area contributed by atoms with Crippen LogP contribution in [0.3, 0.4) is 0 Å². The molecule has 78 valence electrons. The monoisotopic (exact) mass is 219 g/mol. The third-order valence-electron chi connectivity index (χ3n) is 2.13. The lowest BCUT2D eigenvalue weighted by molar-refractivity contribution is 0.479. The number of benzene rings is 1. The molecule has 0 fully saturated rings. The zero-order valence-corrected chi connectivity index (χ0v) is 8.78. The van der Waals surface area contributed by atoms with Gasteiger partial charge in [0.1, 0.15) is 11.6 Å². The summed E-state index contributed by atoms with van der Waals surface area (Å²) < 4.78 is 26.3. The largest absolute Gasteiger partial charge is 0.324 e. The summed E-state index contributed by atoms with van der Waals surface area (Å²) in [5, 5.41) is -0.216. The molecule has 0 heterocycles. The summed E-state index contributed by atoms with van der Waals surface area (Å²) in [6, 6.07) is 1.45. The van der Waals surface area contributed by atoms with Gasteiger partial charge in [-0.2, -0.15) is 0 Å². The molecule has 0 aliphatic carbocycles. The van der Waals surface area contributed by atoms with Gasteiger partial charge in [0.25, 0.3) is 0 Å². The Kier molecular flexibility index (Phi) is 3.45. The van der Waals surface area contributed by atoms with Crippen molar-refractivity contribution in [1.82, 2.24) is 0 Å². The SMILES string of the molecule is CC(C)[C@H](N)c1c(F)ccc(F)c1Cl. The van der Waals surface area contributed by atoms with Gasteiger partial charge in [-0.05, 0) is 18.1 Å². The van der Waals surface area contributed by atoms with Crippen LogP contribution in [0.2, 0.25) is 5.02 Å². The second-order valence-corrected chi connectivity index (χ2v) is 3.90. The van der Waals surface area contributed by atoms with Crippen LogP contribution in [0, 0.1) is 17.6 Å². The standard InChI is InChI=1S/C10H12ClF2N/c1-5(2)10(14)8-6(12)3-4-7(13)9(8)11/h3-5,10H,14H2,1-2H3/t10-/m0/s1. The van der Waals surface area contributed by atoms with Gasteiger partial charge in [0.15, 0.2) is 0 Å². The summed E-state index contributed by atoms with van der Waals surface area (Å²) >= 11 is 5.64. The summed E-state index contributed by atoms with van der Waals surface area (Å²) in [6.45, 7) is 3.65. The summed E-state index contributed by atoms with van der Waals surface area (Å²) in [6.07, 6.45) is 0. The fourth-order valence-corrected chi connectivity index (χ4v) is 1.46.